The average molecular weight is 337 g/mol. The summed E-state index contributed by atoms with van der Waals surface area (Å²) >= 11 is 0. The quantitative estimate of drug-likeness (QED) is 0.711. The minimum Gasteiger partial charge on any atom is -0.322 e. The molecule has 1 amide bonds. The first kappa shape index (κ1) is 16.9. The lowest BCUT2D eigenvalue weighted by Crippen LogP contribution is -2.21. The van der Waals surface area contributed by atoms with Gasteiger partial charge >= 0.3 is 0 Å². The van der Waals surface area contributed by atoms with Gasteiger partial charge in [-0.1, -0.05) is 37.3 Å². The Hall–Kier alpha value is -2.95. The molecule has 1 aromatic heterocycles. The molecule has 0 aliphatic rings. The van der Waals surface area contributed by atoms with Crippen molar-refractivity contribution in [3.05, 3.63) is 71.7 Å². The predicted molar refractivity (Wildman–Crippen MR) is 96.8 cm³/mol. The van der Waals surface area contributed by atoms with Crippen molar-refractivity contribution < 1.29 is 9.18 Å². The Morgan fingerprint density at radius 1 is 1.16 bits per heavy atom. The molecule has 3 aromatic rings. The van der Waals surface area contributed by atoms with Gasteiger partial charge in [0.05, 0.1) is 17.3 Å². The van der Waals surface area contributed by atoms with Crippen LogP contribution in [0.1, 0.15) is 30.5 Å². The van der Waals surface area contributed by atoms with Gasteiger partial charge in [-0.2, -0.15) is 5.10 Å². The predicted octanol–water partition coefficient (Wildman–Crippen LogP) is 4.66. The smallest absolute Gasteiger partial charge is 0.232 e. The maximum Gasteiger partial charge on any atom is 0.232 e. The van der Waals surface area contributed by atoms with E-state index in [-0.39, 0.29) is 17.6 Å². The number of hydrogen-bond acceptors (Lipinski definition) is 2. The van der Waals surface area contributed by atoms with Crippen molar-refractivity contribution in [1.82, 2.24) is 10.2 Å². The lowest BCUT2D eigenvalue weighted by Gasteiger charge is -2.16. The third kappa shape index (κ3) is 3.60. The Bertz CT molecular complexity index is 856. The van der Waals surface area contributed by atoms with Crippen molar-refractivity contribution in [2.24, 2.45) is 0 Å². The van der Waals surface area contributed by atoms with E-state index < -0.39 is 0 Å². The molecule has 25 heavy (non-hydrogen) atoms. The third-order valence-electron chi connectivity index (χ3n) is 4.24. The molecule has 0 spiro atoms. The van der Waals surface area contributed by atoms with Crippen LogP contribution in [-0.4, -0.2) is 16.1 Å². The Kier molecular flexibility index (Phi) is 4.93. The molecule has 0 aliphatic carbocycles. The SMILES string of the molecule is CC[C@@H](C(=O)Nc1c(-c2ccc(F)cc2)n[nH]c1C)c1ccccc1. The van der Waals surface area contributed by atoms with E-state index in [2.05, 4.69) is 15.5 Å². The molecule has 5 heteroatoms. The van der Waals surface area contributed by atoms with Crippen LogP contribution in [-0.2, 0) is 4.79 Å². The van der Waals surface area contributed by atoms with E-state index in [1.807, 2.05) is 44.2 Å². The Labute approximate surface area is 146 Å². The first-order valence-electron chi connectivity index (χ1n) is 8.27. The van der Waals surface area contributed by atoms with Gasteiger partial charge < -0.3 is 5.32 Å². The normalized spacial score (nSPS) is 12.0. The number of carbonyl (C=O) groups is 1. The van der Waals surface area contributed by atoms with Crippen LogP contribution in [0.4, 0.5) is 10.1 Å². The Morgan fingerprint density at radius 3 is 2.48 bits per heavy atom. The number of hydrogen-bond donors (Lipinski definition) is 2. The van der Waals surface area contributed by atoms with E-state index in [9.17, 15) is 9.18 Å². The number of aryl methyl sites for hydroxylation is 1. The molecule has 0 saturated carbocycles. The van der Waals surface area contributed by atoms with E-state index in [4.69, 9.17) is 0 Å². The summed E-state index contributed by atoms with van der Waals surface area (Å²) in [4.78, 5) is 12.8. The van der Waals surface area contributed by atoms with Crippen LogP contribution >= 0.6 is 0 Å². The molecule has 0 aliphatic heterocycles. The molecule has 128 valence electrons. The molecule has 2 aromatic carbocycles. The molecule has 0 fully saturated rings. The number of benzene rings is 2. The summed E-state index contributed by atoms with van der Waals surface area (Å²) in [5.41, 5.74) is 3.72. The van der Waals surface area contributed by atoms with E-state index in [1.165, 1.54) is 12.1 Å². The lowest BCUT2D eigenvalue weighted by molar-refractivity contribution is -0.117. The van der Waals surface area contributed by atoms with Crippen LogP contribution in [0, 0.1) is 12.7 Å². The van der Waals surface area contributed by atoms with Gasteiger partial charge in [0.1, 0.15) is 11.5 Å². The fourth-order valence-corrected chi connectivity index (χ4v) is 2.87. The van der Waals surface area contributed by atoms with Gasteiger partial charge in [-0.25, -0.2) is 4.39 Å². The highest BCUT2D eigenvalue weighted by Gasteiger charge is 2.22. The zero-order chi connectivity index (χ0) is 17.8. The van der Waals surface area contributed by atoms with Crippen LogP contribution in [0.3, 0.4) is 0 Å². The minimum atomic E-state index is -0.309. The van der Waals surface area contributed by atoms with Gasteiger partial charge in [-0.3, -0.25) is 9.89 Å². The molecule has 4 nitrogen and oxygen atoms in total. The van der Waals surface area contributed by atoms with Gasteiger partial charge in [-0.15, -0.1) is 0 Å². The molecule has 1 atom stereocenters. The fraction of sp³-hybridized carbons (Fsp3) is 0.200. The highest BCUT2D eigenvalue weighted by molar-refractivity contribution is 5.99. The topological polar surface area (TPSA) is 57.8 Å². The molecule has 2 N–H and O–H groups in total. The summed E-state index contributed by atoms with van der Waals surface area (Å²) in [6.07, 6.45) is 0.693. The van der Waals surface area contributed by atoms with Crippen molar-refractivity contribution in [3.63, 3.8) is 0 Å². The largest absolute Gasteiger partial charge is 0.322 e. The molecular formula is C20H20FN3O. The summed E-state index contributed by atoms with van der Waals surface area (Å²) in [6, 6.07) is 15.8. The van der Waals surface area contributed by atoms with Crippen molar-refractivity contribution >= 4 is 11.6 Å². The van der Waals surface area contributed by atoms with Gasteiger partial charge in [0, 0.05) is 5.56 Å². The van der Waals surface area contributed by atoms with E-state index >= 15 is 0 Å². The van der Waals surface area contributed by atoms with Crippen LogP contribution in [0.15, 0.2) is 54.6 Å². The van der Waals surface area contributed by atoms with Crippen molar-refractivity contribution in [2.45, 2.75) is 26.2 Å². The minimum absolute atomic E-state index is 0.0819. The van der Waals surface area contributed by atoms with E-state index in [0.29, 0.717) is 17.8 Å². The van der Waals surface area contributed by atoms with Crippen LogP contribution < -0.4 is 5.32 Å². The number of aromatic amines is 1. The second kappa shape index (κ2) is 7.30. The van der Waals surface area contributed by atoms with Crippen LogP contribution in [0.2, 0.25) is 0 Å². The maximum absolute atomic E-state index is 13.2. The zero-order valence-electron chi connectivity index (χ0n) is 14.2. The number of rotatable bonds is 5. The number of nitrogens with one attached hydrogen (secondary N) is 2. The second-order valence-corrected chi connectivity index (χ2v) is 5.94. The second-order valence-electron chi connectivity index (χ2n) is 5.94. The fourth-order valence-electron chi connectivity index (χ4n) is 2.87. The summed E-state index contributed by atoms with van der Waals surface area (Å²) in [7, 11) is 0. The van der Waals surface area contributed by atoms with Crippen molar-refractivity contribution in [3.8, 4) is 11.3 Å². The number of anilines is 1. The first-order chi connectivity index (χ1) is 12.1. The molecular weight excluding hydrogens is 317 g/mol. The third-order valence-corrected chi connectivity index (χ3v) is 4.24. The molecule has 0 unspecified atom stereocenters. The molecule has 0 radical (unpaired) electrons. The van der Waals surface area contributed by atoms with Gasteiger partial charge in [-0.05, 0) is 43.2 Å². The highest BCUT2D eigenvalue weighted by Crippen LogP contribution is 2.30. The number of halogens is 1. The average Bonchev–Trinajstić information content (AvgIpc) is 2.98. The Balaban J connectivity index is 1.89. The zero-order valence-corrected chi connectivity index (χ0v) is 14.2. The highest BCUT2D eigenvalue weighted by atomic mass is 19.1. The number of H-pyrrole nitrogens is 1. The number of nitrogens with zero attached hydrogens (tertiary/aromatic N) is 1. The summed E-state index contributed by atoms with van der Waals surface area (Å²) in [5.74, 6) is -0.630. The summed E-state index contributed by atoms with van der Waals surface area (Å²) < 4.78 is 13.2. The summed E-state index contributed by atoms with van der Waals surface area (Å²) in [6.45, 7) is 3.83. The molecule has 1 heterocycles. The van der Waals surface area contributed by atoms with E-state index in [0.717, 1.165) is 16.8 Å². The van der Waals surface area contributed by atoms with E-state index in [1.54, 1.807) is 12.1 Å². The van der Waals surface area contributed by atoms with Gasteiger partial charge in [0.25, 0.3) is 0 Å². The van der Waals surface area contributed by atoms with Gasteiger partial charge in [0.2, 0.25) is 5.91 Å². The van der Waals surface area contributed by atoms with Crippen LogP contribution in [0.5, 0.6) is 0 Å². The number of carbonyl (C=O) groups excluding carboxylic acids is 1. The first-order valence-corrected chi connectivity index (χ1v) is 8.27. The molecule has 0 bridgehead atoms. The van der Waals surface area contributed by atoms with Crippen LogP contribution in [0.25, 0.3) is 11.3 Å². The molecule has 0 saturated heterocycles. The standard InChI is InChI=1S/C20H20FN3O/c1-3-17(14-7-5-4-6-8-14)20(25)22-18-13(2)23-24-19(18)15-9-11-16(21)12-10-15/h4-12,17H,3H2,1-2H3,(H,22,25)(H,23,24)/t17-/m1/s1. The summed E-state index contributed by atoms with van der Waals surface area (Å²) in [5, 5.41) is 10.2. The van der Waals surface area contributed by atoms with Crippen molar-refractivity contribution in [2.75, 3.05) is 5.32 Å². The van der Waals surface area contributed by atoms with Gasteiger partial charge in [0.15, 0.2) is 0 Å². The van der Waals surface area contributed by atoms with Crippen molar-refractivity contribution in [1.29, 1.82) is 0 Å². The number of amides is 1. The maximum atomic E-state index is 13.2. The Morgan fingerprint density at radius 2 is 1.84 bits per heavy atom. The monoisotopic (exact) mass is 337 g/mol. The molecule has 3 rings (SSSR count). The lowest BCUT2D eigenvalue weighted by atomic mass is 9.95. The number of aromatic nitrogens is 2.